The fourth-order valence-corrected chi connectivity index (χ4v) is 2.40. The van der Waals surface area contributed by atoms with Gasteiger partial charge in [0.25, 0.3) is 11.2 Å². The molecule has 0 aliphatic carbocycles. The molecule has 1 aromatic carbocycles. The van der Waals surface area contributed by atoms with Crippen molar-refractivity contribution in [2.24, 2.45) is 0 Å². The summed E-state index contributed by atoms with van der Waals surface area (Å²) in [6, 6.07) is 7.16. The molecule has 0 fully saturated rings. The Kier molecular flexibility index (Phi) is 5.20. The van der Waals surface area contributed by atoms with Crippen LogP contribution in [0.15, 0.2) is 41.3 Å². The molecule has 1 heterocycles. The predicted molar refractivity (Wildman–Crippen MR) is 91.8 cm³/mol. The fourth-order valence-electron chi connectivity index (χ4n) is 2.05. The molecule has 126 valence electrons. The summed E-state index contributed by atoms with van der Waals surface area (Å²) in [6.45, 7) is -0.340. The van der Waals surface area contributed by atoms with Crippen LogP contribution in [-0.4, -0.2) is 29.5 Å². The highest BCUT2D eigenvalue weighted by atomic mass is 35.5. The van der Waals surface area contributed by atoms with Crippen LogP contribution in [0.4, 0.5) is 17.1 Å². The van der Waals surface area contributed by atoms with Gasteiger partial charge in [0.2, 0.25) is 5.91 Å². The Hall–Kier alpha value is -2.87. The van der Waals surface area contributed by atoms with Gasteiger partial charge in [-0.2, -0.15) is 0 Å². The second kappa shape index (κ2) is 7.14. The number of amides is 1. The van der Waals surface area contributed by atoms with Crippen molar-refractivity contribution in [2.75, 3.05) is 24.3 Å². The first kappa shape index (κ1) is 17.5. The van der Waals surface area contributed by atoms with E-state index in [1.807, 2.05) is 19.0 Å². The molecule has 0 unspecified atom stereocenters. The van der Waals surface area contributed by atoms with E-state index in [1.54, 1.807) is 18.2 Å². The van der Waals surface area contributed by atoms with E-state index in [0.717, 1.165) is 28.6 Å². The Balaban J connectivity index is 2.14. The minimum absolute atomic E-state index is 0.263. The smallest absolute Gasteiger partial charge is 0.285 e. The molecule has 2 aromatic rings. The summed E-state index contributed by atoms with van der Waals surface area (Å²) in [5.74, 6) is -0.494. The number of anilines is 2. The number of nitro groups is 1. The van der Waals surface area contributed by atoms with E-state index in [0.29, 0.717) is 10.7 Å². The Morgan fingerprint density at radius 1 is 1.33 bits per heavy atom. The molecule has 0 saturated carbocycles. The van der Waals surface area contributed by atoms with E-state index >= 15 is 0 Å². The summed E-state index contributed by atoms with van der Waals surface area (Å²) < 4.78 is 0.975. The third kappa shape index (κ3) is 4.11. The van der Waals surface area contributed by atoms with Crippen LogP contribution in [0.3, 0.4) is 0 Å². The number of hydrogen-bond acceptors (Lipinski definition) is 5. The average molecular weight is 351 g/mol. The summed E-state index contributed by atoms with van der Waals surface area (Å²) in [5.41, 5.74) is 0.496. The van der Waals surface area contributed by atoms with Gasteiger partial charge in [-0.15, -0.1) is 0 Å². The Morgan fingerprint density at radius 2 is 2.04 bits per heavy atom. The molecule has 24 heavy (non-hydrogen) atoms. The molecule has 9 heteroatoms. The third-order valence-electron chi connectivity index (χ3n) is 3.21. The molecular formula is C15H15ClN4O4. The van der Waals surface area contributed by atoms with Crippen molar-refractivity contribution in [3.8, 4) is 0 Å². The van der Waals surface area contributed by atoms with E-state index in [1.165, 1.54) is 0 Å². The van der Waals surface area contributed by atoms with Gasteiger partial charge < -0.3 is 10.2 Å². The van der Waals surface area contributed by atoms with Crippen molar-refractivity contribution in [3.63, 3.8) is 0 Å². The zero-order chi connectivity index (χ0) is 17.9. The zero-order valence-electron chi connectivity index (χ0n) is 13.0. The molecule has 0 aliphatic rings. The maximum atomic E-state index is 12.1. The second-order valence-electron chi connectivity index (χ2n) is 5.22. The van der Waals surface area contributed by atoms with E-state index in [4.69, 9.17) is 11.6 Å². The zero-order valence-corrected chi connectivity index (χ0v) is 13.8. The van der Waals surface area contributed by atoms with Crippen molar-refractivity contribution in [3.05, 3.63) is 62.0 Å². The number of carbonyl (C=O) groups excluding carboxylic acids is 1. The van der Waals surface area contributed by atoms with Gasteiger partial charge in [0.1, 0.15) is 6.54 Å². The number of nitrogens with zero attached hydrogens (tertiary/aromatic N) is 3. The molecule has 0 saturated heterocycles. The van der Waals surface area contributed by atoms with Gasteiger partial charge in [-0.25, -0.2) is 0 Å². The number of benzene rings is 1. The van der Waals surface area contributed by atoms with Crippen LogP contribution >= 0.6 is 11.6 Å². The SMILES string of the molecule is CN(C)c1ccc(NC(=O)Cn2cc([N+](=O)[O-])ccc2=O)cc1Cl. The molecular weight excluding hydrogens is 336 g/mol. The standard InChI is InChI=1S/C15H15ClN4O4/c1-18(2)13-5-3-10(7-12(13)16)17-14(21)9-19-8-11(20(23)24)4-6-15(19)22/h3-8H,9H2,1-2H3,(H,17,21). The van der Waals surface area contributed by atoms with Gasteiger partial charge in [0.05, 0.1) is 21.8 Å². The van der Waals surface area contributed by atoms with Crippen LogP contribution in [0.2, 0.25) is 5.02 Å². The summed E-state index contributed by atoms with van der Waals surface area (Å²) in [6.07, 6.45) is 1.03. The second-order valence-corrected chi connectivity index (χ2v) is 5.63. The van der Waals surface area contributed by atoms with E-state index < -0.39 is 16.4 Å². The lowest BCUT2D eigenvalue weighted by atomic mass is 10.2. The first-order valence-corrected chi connectivity index (χ1v) is 7.27. The van der Waals surface area contributed by atoms with Gasteiger partial charge in [-0.1, -0.05) is 11.6 Å². The van der Waals surface area contributed by atoms with Gasteiger partial charge in [0.15, 0.2) is 0 Å². The van der Waals surface area contributed by atoms with Crippen molar-refractivity contribution in [2.45, 2.75) is 6.54 Å². The van der Waals surface area contributed by atoms with E-state index in [9.17, 15) is 19.7 Å². The minimum atomic E-state index is -0.631. The Morgan fingerprint density at radius 3 is 2.62 bits per heavy atom. The maximum absolute atomic E-state index is 12.1. The lowest BCUT2D eigenvalue weighted by Gasteiger charge is -2.15. The normalized spacial score (nSPS) is 10.3. The number of aromatic nitrogens is 1. The molecule has 0 aliphatic heterocycles. The van der Waals surface area contributed by atoms with Crippen LogP contribution < -0.4 is 15.8 Å². The lowest BCUT2D eigenvalue weighted by molar-refractivity contribution is -0.385. The van der Waals surface area contributed by atoms with Crippen molar-refractivity contribution in [1.29, 1.82) is 0 Å². The van der Waals surface area contributed by atoms with Crippen LogP contribution in [0.1, 0.15) is 0 Å². The summed E-state index contributed by atoms with van der Waals surface area (Å²) in [5, 5.41) is 13.8. The number of halogens is 1. The van der Waals surface area contributed by atoms with Crippen molar-refractivity contribution in [1.82, 2.24) is 4.57 Å². The molecule has 0 atom stereocenters. The number of nitrogens with one attached hydrogen (secondary N) is 1. The minimum Gasteiger partial charge on any atom is -0.376 e. The monoisotopic (exact) mass is 350 g/mol. The third-order valence-corrected chi connectivity index (χ3v) is 3.51. The van der Waals surface area contributed by atoms with Gasteiger partial charge >= 0.3 is 0 Å². The number of pyridine rings is 1. The van der Waals surface area contributed by atoms with Gasteiger partial charge in [0, 0.05) is 31.9 Å². The molecule has 2 rings (SSSR count). The number of hydrogen-bond donors (Lipinski definition) is 1. The largest absolute Gasteiger partial charge is 0.376 e. The van der Waals surface area contributed by atoms with Crippen molar-refractivity contribution >= 4 is 34.6 Å². The number of carbonyl (C=O) groups is 1. The molecule has 1 N–H and O–H groups in total. The first-order valence-electron chi connectivity index (χ1n) is 6.89. The summed E-state index contributed by atoms with van der Waals surface area (Å²) >= 11 is 6.13. The highest BCUT2D eigenvalue weighted by Gasteiger charge is 2.11. The van der Waals surface area contributed by atoms with Gasteiger partial charge in [-0.05, 0) is 18.2 Å². The van der Waals surface area contributed by atoms with E-state index in [2.05, 4.69) is 5.32 Å². The van der Waals surface area contributed by atoms with E-state index in [-0.39, 0.29) is 12.2 Å². The van der Waals surface area contributed by atoms with Crippen LogP contribution in [0.25, 0.3) is 0 Å². The highest BCUT2D eigenvalue weighted by molar-refractivity contribution is 6.33. The average Bonchev–Trinajstić information content (AvgIpc) is 2.48. The molecule has 1 aromatic heterocycles. The Labute approximate surface area is 142 Å². The first-order chi connectivity index (χ1) is 11.3. The van der Waals surface area contributed by atoms with Crippen LogP contribution in [-0.2, 0) is 11.3 Å². The van der Waals surface area contributed by atoms with Gasteiger partial charge in [-0.3, -0.25) is 24.3 Å². The predicted octanol–water partition coefficient (Wildman–Crippen LogP) is 2.11. The lowest BCUT2D eigenvalue weighted by Crippen LogP contribution is -2.27. The molecule has 0 bridgehead atoms. The van der Waals surface area contributed by atoms with Crippen molar-refractivity contribution < 1.29 is 9.72 Å². The summed E-state index contributed by atoms with van der Waals surface area (Å²) in [7, 11) is 3.68. The number of rotatable bonds is 5. The molecule has 0 radical (unpaired) electrons. The molecule has 8 nitrogen and oxygen atoms in total. The highest BCUT2D eigenvalue weighted by Crippen LogP contribution is 2.27. The Bertz CT molecular complexity index is 848. The quantitative estimate of drug-likeness (QED) is 0.658. The molecule has 1 amide bonds. The van der Waals surface area contributed by atoms with Crippen LogP contribution in [0, 0.1) is 10.1 Å². The topological polar surface area (TPSA) is 97.5 Å². The van der Waals surface area contributed by atoms with Crippen LogP contribution in [0.5, 0.6) is 0 Å². The molecule has 0 spiro atoms. The maximum Gasteiger partial charge on any atom is 0.285 e. The fraction of sp³-hybridized carbons (Fsp3) is 0.200. The summed E-state index contributed by atoms with van der Waals surface area (Å²) in [4.78, 5) is 35.7.